The van der Waals surface area contributed by atoms with E-state index in [-0.39, 0.29) is 10.7 Å². The van der Waals surface area contributed by atoms with Crippen LogP contribution in [0.5, 0.6) is 0 Å². The number of nitrogens with two attached hydrogens (primary N) is 1. The van der Waals surface area contributed by atoms with E-state index in [9.17, 15) is 29.8 Å². The number of benzene rings is 1. The number of nitrogens with zero attached hydrogens (tertiary/aromatic N) is 2. The van der Waals surface area contributed by atoms with E-state index in [1.165, 1.54) is 12.3 Å². The predicted molar refractivity (Wildman–Crippen MR) is 91.5 cm³/mol. The molecular formula is C13H11N5O7S. The number of nitro groups is 2. The molecule has 12 nitrogen and oxygen atoms in total. The first-order valence-electron chi connectivity index (χ1n) is 6.48. The molecule has 1 heterocycles. The third-order valence-corrected chi connectivity index (χ3v) is 3.26. The average Bonchev–Trinajstić information content (AvgIpc) is 2.56. The fourth-order valence-electron chi connectivity index (χ4n) is 1.52. The Kier molecular flexibility index (Phi) is 6.97. The molecule has 2 aromatic rings. The third kappa shape index (κ3) is 6.40. The number of hydrogen-bond acceptors (Lipinski definition) is 8. The Morgan fingerprint density at radius 1 is 1.15 bits per heavy atom. The second-order valence-electron chi connectivity index (χ2n) is 4.41. The molecule has 0 aliphatic heterocycles. The highest BCUT2D eigenvalue weighted by Crippen LogP contribution is 2.22. The fraction of sp³-hybridized carbons (Fsp3) is 0. The number of nitrogens with one attached hydrogen (secondary N) is 2. The van der Waals surface area contributed by atoms with Gasteiger partial charge in [0.2, 0.25) is 5.56 Å². The van der Waals surface area contributed by atoms with Crippen LogP contribution in [0, 0.1) is 25.6 Å². The second-order valence-corrected chi connectivity index (χ2v) is 5.53. The van der Waals surface area contributed by atoms with Gasteiger partial charge in [-0.2, -0.15) is 0 Å². The van der Waals surface area contributed by atoms with E-state index in [4.69, 9.17) is 16.2 Å². The summed E-state index contributed by atoms with van der Waals surface area (Å²) in [6, 6.07) is 5.23. The van der Waals surface area contributed by atoms with Crippen molar-refractivity contribution in [1.29, 1.82) is 5.41 Å². The van der Waals surface area contributed by atoms with Crippen LogP contribution in [0.4, 0.5) is 11.4 Å². The summed E-state index contributed by atoms with van der Waals surface area (Å²) >= 11 is 1.10. The van der Waals surface area contributed by atoms with E-state index in [1.54, 1.807) is 6.07 Å². The Balaban J connectivity index is 0.000000273. The Morgan fingerprint density at radius 2 is 1.69 bits per heavy atom. The zero-order chi connectivity index (χ0) is 19.9. The molecular weight excluding hydrogens is 370 g/mol. The highest BCUT2D eigenvalue weighted by Gasteiger charge is 2.19. The molecule has 0 atom stereocenters. The molecule has 0 aliphatic rings. The lowest BCUT2D eigenvalue weighted by Crippen LogP contribution is -2.05. The number of nitro benzene ring substituents is 2. The minimum absolute atomic E-state index is 0.0112. The van der Waals surface area contributed by atoms with Gasteiger partial charge in [-0.05, 0) is 6.07 Å². The van der Waals surface area contributed by atoms with Gasteiger partial charge in [0.25, 0.3) is 11.4 Å². The van der Waals surface area contributed by atoms with Crippen LogP contribution in [-0.2, 0) is 0 Å². The normalized spacial score (nSPS) is 9.54. The minimum Gasteiger partial charge on any atom is -0.478 e. The first-order chi connectivity index (χ1) is 12.1. The smallest absolute Gasteiger partial charge is 0.336 e. The lowest BCUT2D eigenvalue weighted by atomic mass is 10.2. The SMILES string of the molecule is N=C(N)Sc1ccc(=O)[nH]c1.O=C(O)c1cc([N+](=O)[O-])cc([N+](=O)[O-])c1. The van der Waals surface area contributed by atoms with Crippen LogP contribution in [-0.4, -0.2) is 31.1 Å². The molecule has 13 heteroatoms. The summed E-state index contributed by atoms with van der Waals surface area (Å²) in [5.74, 6) is -1.46. The summed E-state index contributed by atoms with van der Waals surface area (Å²) in [6.07, 6.45) is 1.52. The number of hydrogen-bond donors (Lipinski definition) is 4. The molecule has 0 spiro atoms. The van der Waals surface area contributed by atoms with Crippen LogP contribution in [0.3, 0.4) is 0 Å². The molecule has 0 amide bonds. The minimum atomic E-state index is -1.46. The summed E-state index contributed by atoms with van der Waals surface area (Å²) in [6.45, 7) is 0. The van der Waals surface area contributed by atoms with Gasteiger partial charge in [0, 0.05) is 29.3 Å². The standard InChI is InChI=1S/C7H4N2O6.C6H7N3OS/c10-7(11)4-1-5(8(12)13)3-6(2-4)9(14)15;7-6(8)11-4-1-2-5(10)9-3-4/h1-3H,(H,10,11);1-3H,(H3,7,8)(H,9,10). The molecule has 0 bridgehead atoms. The highest BCUT2D eigenvalue weighted by atomic mass is 32.2. The van der Waals surface area contributed by atoms with Crippen LogP contribution in [0.1, 0.15) is 10.4 Å². The van der Waals surface area contributed by atoms with Gasteiger partial charge in [0.15, 0.2) is 5.17 Å². The Bertz CT molecular complexity index is 828. The number of amidine groups is 1. The largest absolute Gasteiger partial charge is 0.478 e. The summed E-state index contributed by atoms with van der Waals surface area (Å²) in [4.78, 5) is 43.2. The zero-order valence-electron chi connectivity index (χ0n) is 12.7. The van der Waals surface area contributed by atoms with Crippen LogP contribution in [0.25, 0.3) is 0 Å². The summed E-state index contributed by atoms with van der Waals surface area (Å²) in [5, 5.41) is 36.2. The molecule has 1 aromatic carbocycles. The molecule has 0 saturated heterocycles. The van der Waals surface area contributed by atoms with E-state index in [0.29, 0.717) is 6.07 Å². The fourth-order valence-corrected chi connectivity index (χ4v) is 2.02. The molecule has 26 heavy (non-hydrogen) atoms. The number of aromatic carboxylic acids is 1. The quantitative estimate of drug-likeness (QED) is 0.199. The Morgan fingerprint density at radius 3 is 2.04 bits per heavy atom. The number of non-ortho nitro benzene ring substituents is 2. The summed E-state index contributed by atoms with van der Waals surface area (Å²) in [7, 11) is 0. The van der Waals surface area contributed by atoms with Crippen molar-refractivity contribution in [2.45, 2.75) is 4.90 Å². The number of H-pyrrole nitrogens is 1. The summed E-state index contributed by atoms with van der Waals surface area (Å²) in [5.41, 5.74) is 3.23. The van der Waals surface area contributed by atoms with Gasteiger partial charge in [0.1, 0.15) is 0 Å². The number of pyridine rings is 1. The number of carboxylic acids is 1. The van der Waals surface area contributed by atoms with Gasteiger partial charge in [-0.15, -0.1) is 0 Å². The van der Waals surface area contributed by atoms with Crippen molar-refractivity contribution in [1.82, 2.24) is 4.98 Å². The number of rotatable bonds is 4. The molecule has 0 fully saturated rings. The van der Waals surface area contributed by atoms with Crippen molar-refractivity contribution in [3.63, 3.8) is 0 Å². The molecule has 2 rings (SSSR count). The van der Waals surface area contributed by atoms with Crippen molar-refractivity contribution >= 4 is 34.3 Å². The molecule has 1 aromatic heterocycles. The van der Waals surface area contributed by atoms with Crippen LogP contribution in [0.2, 0.25) is 0 Å². The van der Waals surface area contributed by atoms with Crippen molar-refractivity contribution in [3.05, 3.63) is 72.7 Å². The summed E-state index contributed by atoms with van der Waals surface area (Å²) < 4.78 is 0. The van der Waals surface area contributed by atoms with Crippen molar-refractivity contribution < 1.29 is 19.7 Å². The lowest BCUT2D eigenvalue weighted by molar-refractivity contribution is -0.394. The van der Waals surface area contributed by atoms with Crippen molar-refractivity contribution in [2.24, 2.45) is 5.73 Å². The molecule has 5 N–H and O–H groups in total. The molecule has 136 valence electrons. The molecule has 0 aliphatic carbocycles. The lowest BCUT2D eigenvalue weighted by Gasteiger charge is -1.96. The van der Waals surface area contributed by atoms with Gasteiger partial charge in [-0.1, -0.05) is 11.8 Å². The maximum absolute atomic E-state index is 10.6. The highest BCUT2D eigenvalue weighted by molar-refractivity contribution is 8.13. The van der Waals surface area contributed by atoms with Gasteiger partial charge < -0.3 is 15.8 Å². The number of thioether (sulfide) groups is 1. The zero-order valence-corrected chi connectivity index (χ0v) is 13.6. The Labute approximate surface area is 148 Å². The van der Waals surface area contributed by atoms with Crippen molar-refractivity contribution in [2.75, 3.05) is 0 Å². The van der Waals surface area contributed by atoms with Crippen LogP contribution < -0.4 is 11.3 Å². The molecule has 0 saturated carbocycles. The monoisotopic (exact) mass is 381 g/mol. The van der Waals surface area contributed by atoms with Crippen LogP contribution >= 0.6 is 11.8 Å². The van der Waals surface area contributed by atoms with E-state index in [0.717, 1.165) is 28.8 Å². The van der Waals surface area contributed by atoms with E-state index < -0.39 is 32.8 Å². The Hall–Kier alpha value is -3.74. The second kappa shape index (κ2) is 8.93. The van der Waals surface area contributed by atoms with Gasteiger partial charge in [0.05, 0.1) is 21.5 Å². The van der Waals surface area contributed by atoms with Gasteiger partial charge in [-0.25, -0.2) is 4.79 Å². The number of aromatic amines is 1. The van der Waals surface area contributed by atoms with E-state index >= 15 is 0 Å². The number of aromatic nitrogens is 1. The van der Waals surface area contributed by atoms with E-state index in [1.807, 2.05) is 0 Å². The van der Waals surface area contributed by atoms with Gasteiger partial charge in [-0.3, -0.25) is 30.4 Å². The third-order valence-electron chi connectivity index (χ3n) is 2.55. The number of carbonyl (C=O) groups is 1. The maximum Gasteiger partial charge on any atom is 0.336 e. The first kappa shape index (κ1) is 20.3. The maximum atomic E-state index is 10.6. The van der Waals surface area contributed by atoms with Crippen LogP contribution in [0.15, 0.2) is 46.2 Å². The van der Waals surface area contributed by atoms with E-state index in [2.05, 4.69) is 4.98 Å². The van der Waals surface area contributed by atoms with Gasteiger partial charge >= 0.3 is 5.97 Å². The average molecular weight is 381 g/mol. The first-order valence-corrected chi connectivity index (χ1v) is 7.29. The topological polar surface area (TPSA) is 206 Å². The van der Waals surface area contributed by atoms with Crippen molar-refractivity contribution in [3.8, 4) is 0 Å². The molecule has 0 unspecified atom stereocenters. The predicted octanol–water partition coefficient (Wildman–Crippen LogP) is 1.56. The number of carboxylic acid groups (broad SMARTS) is 1. The molecule has 0 radical (unpaired) electrons.